The molecule has 0 spiro atoms. The zero-order chi connectivity index (χ0) is 9.90. The van der Waals surface area contributed by atoms with Crippen molar-refractivity contribution >= 4 is 0 Å². The fourth-order valence-electron chi connectivity index (χ4n) is 1.08. The van der Waals surface area contributed by atoms with Gasteiger partial charge in [-0.25, -0.2) is 0 Å². The lowest BCUT2D eigenvalue weighted by atomic mass is 9.93. The van der Waals surface area contributed by atoms with Gasteiger partial charge in [0.15, 0.2) is 0 Å². The van der Waals surface area contributed by atoms with Gasteiger partial charge in [-0.15, -0.1) is 6.58 Å². The summed E-state index contributed by atoms with van der Waals surface area (Å²) in [4.78, 5) is 0. The lowest BCUT2D eigenvalue weighted by Crippen LogP contribution is -2.29. The zero-order valence-electron chi connectivity index (χ0n) is 7.64. The molecule has 0 unspecified atom stereocenters. The molecule has 70 valence electrons. The minimum atomic E-state index is -1.28. The van der Waals surface area contributed by atoms with Crippen LogP contribution in [0.1, 0.15) is 18.6 Å². The first-order chi connectivity index (χ1) is 6.08. The molecule has 0 radical (unpaired) electrons. The highest BCUT2D eigenvalue weighted by molar-refractivity contribution is 5.21. The van der Waals surface area contributed by atoms with E-state index in [1.54, 1.807) is 12.1 Å². The van der Waals surface area contributed by atoms with Crippen LogP contribution in [-0.4, -0.2) is 15.8 Å². The molecular formula is C11H14O2. The zero-order valence-corrected chi connectivity index (χ0v) is 7.64. The largest absolute Gasteiger partial charge is 0.385 e. The molecule has 0 heterocycles. The van der Waals surface area contributed by atoms with Gasteiger partial charge < -0.3 is 10.2 Å². The minimum Gasteiger partial charge on any atom is -0.385 e. The Bertz CT molecular complexity index is 277. The van der Waals surface area contributed by atoms with Gasteiger partial charge in [0.25, 0.3) is 0 Å². The van der Waals surface area contributed by atoms with Gasteiger partial charge in [0.2, 0.25) is 0 Å². The molecule has 1 aromatic rings. The average molecular weight is 178 g/mol. The van der Waals surface area contributed by atoms with Gasteiger partial charge in [0, 0.05) is 0 Å². The van der Waals surface area contributed by atoms with Crippen molar-refractivity contribution in [1.29, 1.82) is 0 Å². The highest BCUT2D eigenvalue weighted by atomic mass is 16.3. The molecular weight excluding hydrogens is 164 g/mol. The highest BCUT2D eigenvalue weighted by Crippen LogP contribution is 2.25. The molecule has 2 atom stereocenters. The molecule has 0 aromatic heterocycles. The van der Waals surface area contributed by atoms with Crippen LogP contribution in [0.5, 0.6) is 0 Å². The van der Waals surface area contributed by atoms with Crippen LogP contribution >= 0.6 is 0 Å². The van der Waals surface area contributed by atoms with E-state index in [-0.39, 0.29) is 0 Å². The molecule has 0 saturated carbocycles. The van der Waals surface area contributed by atoms with E-state index in [0.29, 0.717) is 5.56 Å². The van der Waals surface area contributed by atoms with Crippen molar-refractivity contribution in [3.05, 3.63) is 48.6 Å². The van der Waals surface area contributed by atoms with Crippen LogP contribution in [0.25, 0.3) is 0 Å². The maximum Gasteiger partial charge on any atom is 0.111 e. The third kappa shape index (κ3) is 2.17. The van der Waals surface area contributed by atoms with Gasteiger partial charge in [0.05, 0.1) is 0 Å². The Balaban J connectivity index is 2.91. The Morgan fingerprint density at radius 1 is 1.38 bits per heavy atom. The summed E-state index contributed by atoms with van der Waals surface area (Å²) in [6.45, 7) is 4.99. The second-order valence-electron chi connectivity index (χ2n) is 3.24. The second-order valence-corrected chi connectivity index (χ2v) is 3.24. The summed E-state index contributed by atoms with van der Waals surface area (Å²) < 4.78 is 0. The lowest BCUT2D eigenvalue weighted by molar-refractivity contribution is -0.0275. The molecule has 2 nitrogen and oxygen atoms in total. The molecule has 0 aliphatic rings. The van der Waals surface area contributed by atoms with Gasteiger partial charge in [-0.1, -0.05) is 36.4 Å². The molecule has 0 saturated heterocycles. The average Bonchev–Trinajstić information content (AvgIpc) is 2.18. The van der Waals surface area contributed by atoms with Crippen molar-refractivity contribution in [2.75, 3.05) is 0 Å². The minimum absolute atomic E-state index is 0.687. The number of aliphatic hydroxyl groups excluding tert-OH is 1. The van der Waals surface area contributed by atoms with Crippen molar-refractivity contribution in [3.8, 4) is 0 Å². The summed E-state index contributed by atoms with van der Waals surface area (Å²) in [6, 6.07) is 9.03. The maximum absolute atomic E-state index is 9.73. The van der Waals surface area contributed by atoms with Gasteiger partial charge in [-0.2, -0.15) is 0 Å². The number of hydrogen-bond acceptors (Lipinski definition) is 2. The fourth-order valence-corrected chi connectivity index (χ4v) is 1.08. The summed E-state index contributed by atoms with van der Waals surface area (Å²) in [5, 5.41) is 19.4. The van der Waals surface area contributed by atoms with Crippen LogP contribution in [0.4, 0.5) is 0 Å². The summed E-state index contributed by atoms with van der Waals surface area (Å²) in [6.07, 6.45) is 0.413. The second kappa shape index (κ2) is 3.73. The van der Waals surface area contributed by atoms with E-state index in [0.717, 1.165) is 0 Å². The molecule has 1 aromatic carbocycles. The quantitative estimate of drug-likeness (QED) is 0.691. The van der Waals surface area contributed by atoms with Gasteiger partial charge in [-0.05, 0) is 12.5 Å². The molecule has 2 heteroatoms. The number of rotatable bonds is 3. The molecule has 13 heavy (non-hydrogen) atoms. The monoisotopic (exact) mass is 178 g/mol. The number of hydrogen-bond donors (Lipinski definition) is 2. The maximum atomic E-state index is 9.73. The van der Waals surface area contributed by atoms with Gasteiger partial charge in [-0.3, -0.25) is 0 Å². The number of aliphatic hydroxyl groups is 2. The predicted molar refractivity (Wildman–Crippen MR) is 52.2 cm³/mol. The van der Waals surface area contributed by atoms with Crippen LogP contribution in [0, 0.1) is 0 Å². The normalized spacial score (nSPS) is 17.5. The summed E-state index contributed by atoms with van der Waals surface area (Å²) in [5.41, 5.74) is -0.589. The summed E-state index contributed by atoms with van der Waals surface area (Å²) >= 11 is 0. The standard InChI is InChI=1S/C11H14O2/c1-3-11(2,13)10(12)9-7-5-4-6-8-9/h3-8,10,12-13H,1H2,2H3/t10-,11-/m0/s1. The van der Waals surface area contributed by atoms with Crippen molar-refractivity contribution in [2.45, 2.75) is 18.6 Å². The SMILES string of the molecule is C=C[C@](C)(O)[C@@H](O)c1ccccc1. The Morgan fingerprint density at radius 3 is 2.38 bits per heavy atom. The molecule has 2 N–H and O–H groups in total. The van der Waals surface area contributed by atoms with Crippen molar-refractivity contribution in [1.82, 2.24) is 0 Å². The first kappa shape index (κ1) is 9.96. The van der Waals surface area contributed by atoms with E-state index in [2.05, 4.69) is 6.58 Å². The Hall–Kier alpha value is -1.12. The van der Waals surface area contributed by atoms with Crippen LogP contribution in [0.2, 0.25) is 0 Å². The van der Waals surface area contributed by atoms with Gasteiger partial charge >= 0.3 is 0 Å². The Kier molecular flexibility index (Phi) is 2.86. The molecule has 0 fully saturated rings. The molecule has 1 rings (SSSR count). The molecule has 0 amide bonds. The van der Waals surface area contributed by atoms with E-state index in [4.69, 9.17) is 0 Å². The fraction of sp³-hybridized carbons (Fsp3) is 0.273. The van der Waals surface area contributed by atoms with Crippen molar-refractivity contribution < 1.29 is 10.2 Å². The topological polar surface area (TPSA) is 40.5 Å². The third-order valence-corrected chi connectivity index (χ3v) is 2.08. The van der Waals surface area contributed by atoms with E-state index in [1.165, 1.54) is 13.0 Å². The predicted octanol–water partition coefficient (Wildman–Crippen LogP) is 1.66. The molecule has 0 aliphatic heterocycles. The summed E-state index contributed by atoms with van der Waals surface area (Å²) in [7, 11) is 0. The van der Waals surface area contributed by atoms with E-state index in [9.17, 15) is 10.2 Å². The Morgan fingerprint density at radius 2 is 1.92 bits per heavy atom. The van der Waals surface area contributed by atoms with Crippen molar-refractivity contribution in [3.63, 3.8) is 0 Å². The molecule has 0 bridgehead atoms. The number of benzene rings is 1. The summed E-state index contributed by atoms with van der Waals surface area (Å²) in [5.74, 6) is 0. The third-order valence-electron chi connectivity index (χ3n) is 2.08. The molecule has 0 aliphatic carbocycles. The first-order valence-electron chi connectivity index (χ1n) is 4.17. The van der Waals surface area contributed by atoms with Crippen molar-refractivity contribution in [2.24, 2.45) is 0 Å². The van der Waals surface area contributed by atoms with Crippen LogP contribution in [0.15, 0.2) is 43.0 Å². The first-order valence-corrected chi connectivity index (χ1v) is 4.17. The highest BCUT2D eigenvalue weighted by Gasteiger charge is 2.27. The van der Waals surface area contributed by atoms with Crippen LogP contribution in [0.3, 0.4) is 0 Å². The van der Waals surface area contributed by atoms with E-state index < -0.39 is 11.7 Å². The van der Waals surface area contributed by atoms with Crippen LogP contribution < -0.4 is 0 Å². The Labute approximate surface area is 78.2 Å². The van der Waals surface area contributed by atoms with Crippen LogP contribution in [-0.2, 0) is 0 Å². The van der Waals surface area contributed by atoms with E-state index >= 15 is 0 Å². The van der Waals surface area contributed by atoms with E-state index in [1.807, 2.05) is 18.2 Å². The van der Waals surface area contributed by atoms with Gasteiger partial charge in [0.1, 0.15) is 11.7 Å². The smallest absolute Gasteiger partial charge is 0.111 e. The lowest BCUT2D eigenvalue weighted by Gasteiger charge is -2.25.